The van der Waals surface area contributed by atoms with Crippen LogP contribution in [0.1, 0.15) is 40.0 Å². The standard InChI is InChI=1S/C15H28N4O2/c1-4-9(5-2)13(18-6-3)12-11(19-15(16)17)7-10(8-20)14(12)21/h6,8-14,21H,4-5,7H2,1-3H3,(H4,16,17,19)/b18-6+/t10-,11-,12-,13?,14-/m1/s1. The highest BCUT2D eigenvalue weighted by molar-refractivity contribution is 5.75. The van der Waals surface area contributed by atoms with E-state index in [2.05, 4.69) is 24.2 Å². The van der Waals surface area contributed by atoms with Crippen LogP contribution in [0.4, 0.5) is 0 Å². The second kappa shape index (κ2) is 8.12. The Labute approximate surface area is 126 Å². The zero-order chi connectivity index (χ0) is 16.0. The molecule has 1 rings (SSSR count). The number of carbonyl (C=O) groups is 1. The Morgan fingerprint density at radius 3 is 2.57 bits per heavy atom. The smallest absolute Gasteiger partial charge is 0.185 e. The van der Waals surface area contributed by atoms with Crippen molar-refractivity contribution in [3.63, 3.8) is 0 Å². The lowest BCUT2D eigenvalue weighted by atomic mass is 9.81. The third kappa shape index (κ3) is 4.03. The fraction of sp³-hybridized carbons (Fsp3) is 0.800. The predicted molar refractivity (Wildman–Crippen MR) is 84.5 cm³/mol. The van der Waals surface area contributed by atoms with Gasteiger partial charge in [0.1, 0.15) is 6.29 Å². The highest BCUT2D eigenvalue weighted by atomic mass is 16.3. The van der Waals surface area contributed by atoms with Crippen molar-refractivity contribution < 1.29 is 9.90 Å². The zero-order valence-corrected chi connectivity index (χ0v) is 13.1. The molecular weight excluding hydrogens is 268 g/mol. The summed E-state index contributed by atoms with van der Waals surface area (Å²) in [6.45, 7) is 6.08. The first-order valence-corrected chi connectivity index (χ1v) is 7.71. The van der Waals surface area contributed by atoms with Crippen LogP contribution in [0.15, 0.2) is 4.99 Å². The third-order valence-electron chi connectivity index (χ3n) is 4.59. The van der Waals surface area contributed by atoms with E-state index in [0.29, 0.717) is 12.3 Å². The van der Waals surface area contributed by atoms with Gasteiger partial charge in [0.25, 0.3) is 0 Å². The van der Waals surface area contributed by atoms with Crippen molar-refractivity contribution in [3.8, 4) is 0 Å². The summed E-state index contributed by atoms with van der Waals surface area (Å²) in [6, 6.07) is -0.260. The molecule has 6 nitrogen and oxygen atoms in total. The summed E-state index contributed by atoms with van der Waals surface area (Å²) in [6.07, 6.45) is 4.23. The van der Waals surface area contributed by atoms with Crippen molar-refractivity contribution in [2.75, 3.05) is 0 Å². The first-order chi connectivity index (χ1) is 9.99. The average Bonchev–Trinajstić information content (AvgIpc) is 2.74. The summed E-state index contributed by atoms with van der Waals surface area (Å²) in [4.78, 5) is 15.7. The number of nitrogens with one attached hydrogen (secondary N) is 2. The second-order valence-corrected chi connectivity index (χ2v) is 5.74. The topological polar surface area (TPSA) is 112 Å². The fourth-order valence-electron chi connectivity index (χ4n) is 3.52. The van der Waals surface area contributed by atoms with Crippen molar-refractivity contribution in [1.29, 1.82) is 5.41 Å². The van der Waals surface area contributed by atoms with Gasteiger partial charge < -0.3 is 21.0 Å². The van der Waals surface area contributed by atoms with E-state index < -0.39 is 12.0 Å². The summed E-state index contributed by atoms with van der Waals surface area (Å²) in [5.41, 5.74) is 5.45. The maximum Gasteiger partial charge on any atom is 0.185 e. The lowest BCUT2D eigenvalue weighted by Crippen LogP contribution is -2.48. The molecule has 1 aliphatic carbocycles. The van der Waals surface area contributed by atoms with E-state index in [9.17, 15) is 9.90 Å². The molecule has 0 aromatic rings. The molecule has 0 bridgehead atoms. The summed E-state index contributed by atoms with van der Waals surface area (Å²) in [7, 11) is 0. The normalized spacial score (nSPS) is 30.7. The van der Waals surface area contributed by atoms with Crippen LogP contribution in [0.25, 0.3) is 0 Å². The summed E-state index contributed by atoms with van der Waals surface area (Å²) in [5, 5.41) is 20.8. The van der Waals surface area contributed by atoms with Gasteiger partial charge in [-0.25, -0.2) is 0 Å². The molecule has 1 fully saturated rings. The molecule has 5 N–H and O–H groups in total. The molecule has 6 heteroatoms. The largest absolute Gasteiger partial charge is 0.392 e. The van der Waals surface area contributed by atoms with E-state index >= 15 is 0 Å². The van der Waals surface area contributed by atoms with E-state index in [0.717, 1.165) is 19.1 Å². The number of hydrogen-bond donors (Lipinski definition) is 4. The van der Waals surface area contributed by atoms with E-state index in [1.54, 1.807) is 6.21 Å². The van der Waals surface area contributed by atoms with Gasteiger partial charge in [-0.2, -0.15) is 0 Å². The lowest BCUT2D eigenvalue weighted by molar-refractivity contribution is -0.113. The van der Waals surface area contributed by atoms with Crippen LogP contribution in [0.2, 0.25) is 0 Å². The first-order valence-electron chi connectivity index (χ1n) is 7.71. The SMILES string of the molecule is C/C=N/C(C(CC)CC)[C@@H]1[C@H](O)[C@@H](C=O)C[C@H]1NC(=N)N. The molecule has 0 aliphatic heterocycles. The van der Waals surface area contributed by atoms with Crippen molar-refractivity contribution >= 4 is 18.5 Å². The number of nitrogens with two attached hydrogens (primary N) is 1. The van der Waals surface area contributed by atoms with Crippen LogP contribution in [0.5, 0.6) is 0 Å². The van der Waals surface area contributed by atoms with Gasteiger partial charge in [0, 0.05) is 17.9 Å². The monoisotopic (exact) mass is 296 g/mol. The maximum absolute atomic E-state index is 11.2. The maximum atomic E-state index is 11.2. The Kier molecular flexibility index (Phi) is 6.81. The number of aliphatic hydroxyl groups excluding tert-OH is 1. The van der Waals surface area contributed by atoms with E-state index in [4.69, 9.17) is 11.1 Å². The van der Waals surface area contributed by atoms with Crippen molar-refractivity contribution in [1.82, 2.24) is 5.32 Å². The highest BCUT2D eigenvalue weighted by Crippen LogP contribution is 2.38. The van der Waals surface area contributed by atoms with E-state index in [1.165, 1.54) is 0 Å². The van der Waals surface area contributed by atoms with E-state index in [-0.39, 0.29) is 24.0 Å². The molecule has 0 saturated heterocycles. The molecule has 0 aromatic carbocycles. The fourth-order valence-corrected chi connectivity index (χ4v) is 3.52. The number of aliphatic imine (C=N–C) groups is 1. The van der Waals surface area contributed by atoms with Crippen LogP contribution in [0, 0.1) is 23.2 Å². The number of aliphatic hydroxyl groups is 1. The quantitative estimate of drug-likeness (QED) is 0.318. The minimum atomic E-state index is -0.742. The Hall–Kier alpha value is -1.43. The number of aldehydes is 1. The molecule has 21 heavy (non-hydrogen) atoms. The van der Waals surface area contributed by atoms with Crippen LogP contribution in [-0.2, 0) is 4.79 Å². The van der Waals surface area contributed by atoms with Gasteiger partial charge in [0.2, 0.25) is 0 Å². The van der Waals surface area contributed by atoms with Crippen LogP contribution < -0.4 is 11.1 Å². The second-order valence-electron chi connectivity index (χ2n) is 5.74. The van der Waals surface area contributed by atoms with Crippen LogP contribution in [-0.4, -0.2) is 41.8 Å². The van der Waals surface area contributed by atoms with Gasteiger partial charge in [-0.05, 0) is 25.5 Å². The van der Waals surface area contributed by atoms with Crippen molar-refractivity contribution in [3.05, 3.63) is 0 Å². The Morgan fingerprint density at radius 2 is 2.14 bits per heavy atom. The molecule has 0 radical (unpaired) electrons. The van der Waals surface area contributed by atoms with Gasteiger partial charge in [-0.1, -0.05) is 26.7 Å². The van der Waals surface area contributed by atoms with Gasteiger partial charge in [-0.3, -0.25) is 10.4 Å². The molecule has 5 atom stereocenters. The number of carbonyl (C=O) groups excluding carboxylic acids is 1. The summed E-state index contributed by atoms with van der Waals surface area (Å²) >= 11 is 0. The first kappa shape index (κ1) is 17.6. The Balaban J connectivity index is 3.09. The lowest BCUT2D eigenvalue weighted by Gasteiger charge is -2.33. The van der Waals surface area contributed by atoms with Crippen LogP contribution in [0.3, 0.4) is 0 Å². The predicted octanol–water partition coefficient (Wildman–Crippen LogP) is 0.929. The average molecular weight is 296 g/mol. The van der Waals surface area contributed by atoms with Crippen LogP contribution >= 0.6 is 0 Å². The molecular formula is C15H28N4O2. The van der Waals surface area contributed by atoms with Gasteiger partial charge in [0.05, 0.1) is 12.1 Å². The van der Waals surface area contributed by atoms with Gasteiger partial charge in [0.15, 0.2) is 5.96 Å². The molecule has 0 heterocycles. The number of hydrogen-bond acceptors (Lipinski definition) is 4. The molecule has 1 unspecified atom stereocenters. The van der Waals surface area contributed by atoms with Gasteiger partial charge in [-0.15, -0.1) is 0 Å². The minimum absolute atomic E-state index is 0.0678. The number of rotatable bonds is 7. The molecule has 1 saturated carbocycles. The zero-order valence-electron chi connectivity index (χ0n) is 13.1. The third-order valence-corrected chi connectivity index (χ3v) is 4.59. The number of guanidine groups is 1. The van der Waals surface area contributed by atoms with E-state index in [1.807, 2.05) is 6.92 Å². The molecule has 0 spiro atoms. The van der Waals surface area contributed by atoms with Crippen molar-refractivity contribution in [2.24, 2.45) is 28.5 Å². The Morgan fingerprint density at radius 1 is 1.52 bits per heavy atom. The highest BCUT2D eigenvalue weighted by Gasteiger charge is 2.47. The summed E-state index contributed by atoms with van der Waals surface area (Å²) < 4.78 is 0. The molecule has 0 amide bonds. The molecule has 120 valence electrons. The molecule has 1 aliphatic rings. The number of nitrogens with zero attached hydrogens (tertiary/aromatic N) is 1. The van der Waals surface area contributed by atoms with Gasteiger partial charge >= 0.3 is 0 Å². The molecule has 0 aromatic heterocycles. The minimum Gasteiger partial charge on any atom is -0.392 e. The van der Waals surface area contributed by atoms with Crippen molar-refractivity contribution in [2.45, 2.75) is 58.2 Å². The Bertz CT molecular complexity index is 382. The summed E-state index contributed by atoms with van der Waals surface area (Å²) in [5.74, 6) is -0.420.